The Morgan fingerprint density at radius 2 is 2.00 bits per heavy atom. The van der Waals surface area contributed by atoms with Gasteiger partial charge in [0, 0.05) is 6.54 Å². The molecule has 2 N–H and O–H groups in total. The van der Waals surface area contributed by atoms with Crippen molar-refractivity contribution < 1.29 is 9.18 Å². The number of carbonyl (C=O) groups is 1. The summed E-state index contributed by atoms with van der Waals surface area (Å²) in [6.07, 6.45) is 0.233. The van der Waals surface area contributed by atoms with Gasteiger partial charge in [-0.2, -0.15) is 0 Å². The zero-order valence-electron chi connectivity index (χ0n) is 9.65. The van der Waals surface area contributed by atoms with Crippen molar-refractivity contribution >= 4 is 23.1 Å². The molecule has 0 aliphatic carbocycles. The lowest BCUT2D eigenvalue weighted by atomic mass is 10.1. The smallest absolute Gasteiger partial charge is 0.227 e. The molecule has 0 aromatic heterocycles. The van der Waals surface area contributed by atoms with Crippen LogP contribution < -0.4 is 5.73 Å². The highest BCUT2D eigenvalue weighted by Gasteiger charge is 2.12. The third kappa shape index (κ3) is 4.48. The van der Waals surface area contributed by atoms with E-state index in [9.17, 15) is 9.18 Å². The number of rotatable bonds is 5. The molecule has 0 aliphatic rings. The quantitative estimate of drug-likeness (QED) is 0.810. The molecule has 3 nitrogen and oxygen atoms in total. The third-order valence-corrected chi connectivity index (χ3v) is 2.48. The minimum atomic E-state index is -0.309. The summed E-state index contributed by atoms with van der Waals surface area (Å²) in [5.74, 6) is -0.372. The summed E-state index contributed by atoms with van der Waals surface area (Å²) in [6, 6.07) is 5.88. The first kappa shape index (κ1) is 13.6. The van der Waals surface area contributed by atoms with Gasteiger partial charge < -0.3 is 10.6 Å². The molecule has 0 aliphatic heterocycles. The van der Waals surface area contributed by atoms with Gasteiger partial charge in [-0.3, -0.25) is 4.79 Å². The van der Waals surface area contributed by atoms with Crippen LogP contribution in [0.4, 0.5) is 4.39 Å². The first-order chi connectivity index (χ1) is 8.02. The van der Waals surface area contributed by atoms with E-state index < -0.39 is 0 Å². The van der Waals surface area contributed by atoms with Gasteiger partial charge in [0.2, 0.25) is 5.91 Å². The van der Waals surface area contributed by atoms with E-state index in [4.69, 9.17) is 18.0 Å². The van der Waals surface area contributed by atoms with E-state index in [0.717, 1.165) is 5.56 Å². The predicted molar refractivity (Wildman–Crippen MR) is 69.1 cm³/mol. The number of benzene rings is 1. The van der Waals surface area contributed by atoms with E-state index in [-0.39, 0.29) is 24.7 Å². The summed E-state index contributed by atoms with van der Waals surface area (Å²) < 4.78 is 12.7. The molecule has 1 amide bonds. The van der Waals surface area contributed by atoms with Crippen molar-refractivity contribution in [3.05, 3.63) is 35.6 Å². The number of carbonyl (C=O) groups excluding carboxylic acids is 1. The van der Waals surface area contributed by atoms with E-state index >= 15 is 0 Å². The fourth-order valence-corrected chi connectivity index (χ4v) is 1.61. The van der Waals surface area contributed by atoms with Crippen molar-refractivity contribution in [1.82, 2.24) is 4.90 Å². The second kappa shape index (κ2) is 6.30. The van der Waals surface area contributed by atoms with Crippen molar-refractivity contribution in [2.45, 2.75) is 13.3 Å². The minimum Gasteiger partial charge on any atom is -0.392 e. The Labute approximate surface area is 105 Å². The number of amides is 1. The fraction of sp³-hybridized carbons (Fsp3) is 0.333. The van der Waals surface area contributed by atoms with Crippen molar-refractivity contribution in [2.75, 3.05) is 13.1 Å². The van der Waals surface area contributed by atoms with Crippen LogP contribution in [-0.4, -0.2) is 28.9 Å². The standard InChI is InChI=1S/C12H15FN2OS/c1-2-15(8-11(14)17)12(16)7-9-3-5-10(13)6-4-9/h3-6H,2,7-8H2,1H3,(H2,14,17). The number of nitrogens with two attached hydrogens (primary N) is 1. The van der Waals surface area contributed by atoms with Crippen LogP contribution in [0, 0.1) is 5.82 Å². The Hall–Kier alpha value is -1.49. The van der Waals surface area contributed by atoms with Crippen LogP contribution in [0.5, 0.6) is 0 Å². The van der Waals surface area contributed by atoms with Gasteiger partial charge in [-0.15, -0.1) is 0 Å². The molecule has 0 unspecified atom stereocenters. The molecule has 0 fully saturated rings. The van der Waals surface area contributed by atoms with Crippen molar-refractivity contribution in [3.63, 3.8) is 0 Å². The third-order valence-electron chi connectivity index (χ3n) is 2.35. The van der Waals surface area contributed by atoms with Gasteiger partial charge in [0.05, 0.1) is 18.0 Å². The summed E-state index contributed by atoms with van der Waals surface area (Å²) in [5, 5.41) is 0. The summed E-state index contributed by atoms with van der Waals surface area (Å²) >= 11 is 4.77. The average Bonchev–Trinajstić information content (AvgIpc) is 2.28. The summed E-state index contributed by atoms with van der Waals surface area (Å²) in [6.45, 7) is 2.70. The Morgan fingerprint density at radius 3 is 2.47 bits per heavy atom. The van der Waals surface area contributed by atoms with Crippen molar-refractivity contribution in [3.8, 4) is 0 Å². The number of likely N-dealkylation sites (N-methyl/N-ethyl adjacent to an activating group) is 1. The van der Waals surface area contributed by atoms with Crippen LogP contribution in [0.3, 0.4) is 0 Å². The zero-order valence-corrected chi connectivity index (χ0v) is 10.5. The molecule has 17 heavy (non-hydrogen) atoms. The lowest BCUT2D eigenvalue weighted by Crippen LogP contribution is -2.38. The summed E-state index contributed by atoms with van der Waals surface area (Å²) in [7, 11) is 0. The van der Waals surface area contributed by atoms with Gasteiger partial charge in [-0.25, -0.2) is 4.39 Å². The van der Waals surface area contributed by atoms with E-state index in [1.807, 2.05) is 6.92 Å². The minimum absolute atomic E-state index is 0.0630. The van der Waals surface area contributed by atoms with Crippen LogP contribution in [0.25, 0.3) is 0 Å². The van der Waals surface area contributed by atoms with Gasteiger partial charge in [-0.05, 0) is 24.6 Å². The number of hydrogen-bond acceptors (Lipinski definition) is 2. The van der Waals surface area contributed by atoms with E-state index in [2.05, 4.69) is 0 Å². The average molecular weight is 254 g/mol. The van der Waals surface area contributed by atoms with E-state index in [1.165, 1.54) is 12.1 Å². The maximum Gasteiger partial charge on any atom is 0.227 e. The zero-order chi connectivity index (χ0) is 12.8. The van der Waals surface area contributed by atoms with Crippen LogP contribution in [-0.2, 0) is 11.2 Å². The first-order valence-corrected chi connectivity index (χ1v) is 5.74. The number of halogens is 1. The highest BCUT2D eigenvalue weighted by molar-refractivity contribution is 7.80. The maximum atomic E-state index is 12.7. The van der Waals surface area contributed by atoms with E-state index in [0.29, 0.717) is 11.5 Å². The van der Waals surface area contributed by atoms with Crippen molar-refractivity contribution in [2.24, 2.45) is 5.73 Å². The van der Waals surface area contributed by atoms with Crippen LogP contribution >= 0.6 is 12.2 Å². The highest BCUT2D eigenvalue weighted by Crippen LogP contribution is 2.05. The molecule has 1 aromatic rings. The molecule has 1 aromatic carbocycles. The molecule has 0 radical (unpaired) electrons. The molecule has 0 saturated carbocycles. The molecule has 1 rings (SSSR count). The molecule has 0 heterocycles. The monoisotopic (exact) mass is 254 g/mol. The second-order valence-corrected chi connectivity index (χ2v) is 4.20. The van der Waals surface area contributed by atoms with Crippen LogP contribution in [0.2, 0.25) is 0 Å². The topological polar surface area (TPSA) is 46.3 Å². The number of nitrogens with zero attached hydrogens (tertiary/aromatic N) is 1. The van der Waals surface area contributed by atoms with E-state index in [1.54, 1.807) is 17.0 Å². The first-order valence-electron chi connectivity index (χ1n) is 5.33. The Kier molecular flexibility index (Phi) is 5.03. The fourth-order valence-electron chi connectivity index (χ4n) is 1.45. The lowest BCUT2D eigenvalue weighted by Gasteiger charge is -2.20. The maximum absolute atomic E-state index is 12.7. The molecular formula is C12H15FN2OS. The predicted octanol–water partition coefficient (Wildman–Crippen LogP) is 1.50. The van der Waals surface area contributed by atoms with Crippen molar-refractivity contribution in [1.29, 1.82) is 0 Å². The molecule has 0 spiro atoms. The Balaban J connectivity index is 2.63. The molecule has 0 atom stereocenters. The summed E-state index contributed by atoms with van der Waals surface area (Å²) in [5.41, 5.74) is 6.18. The molecule has 5 heteroatoms. The molecule has 0 saturated heterocycles. The molecule has 92 valence electrons. The Morgan fingerprint density at radius 1 is 1.41 bits per heavy atom. The normalized spacial score (nSPS) is 10.0. The van der Waals surface area contributed by atoms with Crippen LogP contribution in [0.1, 0.15) is 12.5 Å². The van der Waals surface area contributed by atoms with Gasteiger partial charge in [0.15, 0.2) is 0 Å². The lowest BCUT2D eigenvalue weighted by molar-refractivity contribution is -0.129. The second-order valence-electron chi connectivity index (χ2n) is 3.68. The number of hydrogen-bond donors (Lipinski definition) is 1. The largest absolute Gasteiger partial charge is 0.392 e. The Bertz CT molecular complexity index is 405. The van der Waals surface area contributed by atoms with Gasteiger partial charge >= 0.3 is 0 Å². The van der Waals surface area contributed by atoms with Gasteiger partial charge in [-0.1, -0.05) is 24.4 Å². The molecular weight excluding hydrogens is 239 g/mol. The SMILES string of the molecule is CCN(CC(N)=S)C(=O)Cc1ccc(F)cc1. The number of thiocarbonyl (C=S) groups is 1. The van der Waals surface area contributed by atoms with Gasteiger partial charge in [0.1, 0.15) is 5.82 Å². The molecule has 0 bridgehead atoms. The summed E-state index contributed by atoms with van der Waals surface area (Å²) in [4.78, 5) is 13.7. The van der Waals surface area contributed by atoms with Gasteiger partial charge in [0.25, 0.3) is 0 Å². The van der Waals surface area contributed by atoms with Crippen LogP contribution in [0.15, 0.2) is 24.3 Å². The highest BCUT2D eigenvalue weighted by atomic mass is 32.1.